The molecule has 0 radical (unpaired) electrons. The third-order valence-corrected chi connectivity index (χ3v) is 7.48. The van der Waals surface area contributed by atoms with Crippen molar-refractivity contribution in [3.05, 3.63) is 107 Å². The number of rotatable bonds is 2. The largest absolute Gasteiger partial charge is 0.0622 e. The lowest BCUT2D eigenvalue weighted by Crippen LogP contribution is -2.43. The molecule has 3 atom stereocenters. The number of hydrogen-bond acceptors (Lipinski definition) is 0. The fraction of sp³-hybridized carbons (Fsp3) is 0.308. The Morgan fingerprint density at radius 3 is 1.96 bits per heavy atom. The summed E-state index contributed by atoms with van der Waals surface area (Å²) < 4.78 is 0. The van der Waals surface area contributed by atoms with E-state index in [1.807, 2.05) is 0 Å². The zero-order valence-corrected chi connectivity index (χ0v) is 15.9. The molecule has 130 valence electrons. The van der Waals surface area contributed by atoms with Crippen molar-refractivity contribution in [1.29, 1.82) is 0 Å². The molecule has 0 N–H and O–H groups in total. The van der Waals surface area contributed by atoms with Crippen LogP contribution >= 0.6 is 0 Å². The summed E-state index contributed by atoms with van der Waals surface area (Å²) in [7, 11) is 0. The van der Waals surface area contributed by atoms with E-state index >= 15 is 0 Å². The Labute approximate surface area is 156 Å². The summed E-state index contributed by atoms with van der Waals surface area (Å²) in [6.45, 7) is 7.47. The van der Waals surface area contributed by atoms with Crippen LogP contribution in [0.25, 0.3) is 0 Å². The molecule has 1 fully saturated rings. The van der Waals surface area contributed by atoms with Gasteiger partial charge in [0, 0.05) is 16.7 Å². The van der Waals surface area contributed by atoms with Gasteiger partial charge >= 0.3 is 0 Å². The van der Waals surface area contributed by atoms with Gasteiger partial charge in [0.05, 0.1) is 0 Å². The number of hydrogen-bond donors (Lipinski definition) is 0. The summed E-state index contributed by atoms with van der Waals surface area (Å²) in [4.78, 5) is 0. The molecule has 5 rings (SSSR count). The molecule has 0 amide bonds. The van der Waals surface area contributed by atoms with Crippen LogP contribution in [0.4, 0.5) is 0 Å². The molecule has 0 heterocycles. The van der Waals surface area contributed by atoms with E-state index in [4.69, 9.17) is 0 Å². The monoisotopic (exact) mass is 338 g/mol. The molecule has 3 aromatic carbocycles. The van der Waals surface area contributed by atoms with E-state index in [1.165, 1.54) is 22.3 Å². The maximum atomic E-state index is 2.52. The molecule has 0 aromatic heterocycles. The van der Waals surface area contributed by atoms with Crippen molar-refractivity contribution in [3.63, 3.8) is 0 Å². The van der Waals surface area contributed by atoms with Crippen molar-refractivity contribution >= 4 is 0 Å². The summed E-state index contributed by atoms with van der Waals surface area (Å²) in [5, 5.41) is 0. The molecule has 0 aliphatic heterocycles. The molecule has 2 aliphatic carbocycles. The van der Waals surface area contributed by atoms with Crippen LogP contribution in [-0.4, -0.2) is 0 Å². The quantitative estimate of drug-likeness (QED) is 0.517. The van der Waals surface area contributed by atoms with Crippen LogP contribution in [0.3, 0.4) is 0 Å². The summed E-state index contributed by atoms with van der Waals surface area (Å²) in [6, 6.07) is 31.6. The molecule has 26 heavy (non-hydrogen) atoms. The summed E-state index contributed by atoms with van der Waals surface area (Å²) in [5.74, 6) is 0.543. The average molecular weight is 338 g/mol. The molecule has 0 spiro atoms. The van der Waals surface area contributed by atoms with E-state index in [2.05, 4.69) is 106 Å². The zero-order valence-electron chi connectivity index (χ0n) is 15.9. The van der Waals surface area contributed by atoms with Crippen LogP contribution < -0.4 is 0 Å². The fourth-order valence-electron chi connectivity index (χ4n) is 6.71. The van der Waals surface area contributed by atoms with Crippen LogP contribution in [0, 0.1) is 5.41 Å². The van der Waals surface area contributed by atoms with Gasteiger partial charge in [0.15, 0.2) is 0 Å². The predicted octanol–water partition coefficient (Wildman–Crippen LogP) is 6.26. The molecule has 2 aliphatic rings. The molecule has 0 bridgehead atoms. The fourth-order valence-corrected chi connectivity index (χ4v) is 6.71. The highest BCUT2D eigenvalue weighted by Crippen LogP contribution is 2.83. The summed E-state index contributed by atoms with van der Waals surface area (Å²) in [5.41, 5.74) is 6.50. The van der Waals surface area contributed by atoms with Gasteiger partial charge in [-0.25, -0.2) is 0 Å². The van der Waals surface area contributed by atoms with Crippen molar-refractivity contribution in [2.45, 2.75) is 43.9 Å². The molecule has 3 aromatic rings. The van der Waals surface area contributed by atoms with Gasteiger partial charge in [-0.05, 0) is 34.1 Å². The zero-order chi connectivity index (χ0) is 18.0. The van der Waals surface area contributed by atoms with Crippen LogP contribution in [-0.2, 0) is 17.3 Å². The third kappa shape index (κ3) is 1.70. The lowest BCUT2D eigenvalue weighted by molar-refractivity contribution is 0.281. The molecule has 0 saturated heterocycles. The lowest BCUT2D eigenvalue weighted by Gasteiger charge is -2.45. The molecule has 1 saturated carbocycles. The Hall–Kier alpha value is -2.34. The minimum atomic E-state index is 0.0818. The van der Waals surface area contributed by atoms with Crippen molar-refractivity contribution in [3.8, 4) is 0 Å². The highest BCUT2D eigenvalue weighted by atomic mass is 14.8. The number of fused-ring (bicyclic) bond motifs is 2. The van der Waals surface area contributed by atoms with Crippen molar-refractivity contribution in [2.24, 2.45) is 5.41 Å². The molecule has 0 unspecified atom stereocenters. The second kappa shape index (κ2) is 5.10. The van der Waals surface area contributed by atoms with Crippen LogP contribution in [0.1, 0.15) is 48.9 Å². The normalized spacial score (nSPS) is 31.0. The van der Waals surface area contributed by atoms with E-state index < -0.39 is 0 Å². The Kier molecular flexibility index (Phi) is 3.11. The van der Waals surface area contributed by atoms with E-state index in [1.54, 1.807) is 0 Å². The first-order chi connectivity index (χ1) is 12.5. The molecular formula is C26H26. The van der Waals surface area contributed by atoms with Gasteiger partial charge in [-0.1, -0.05) is 106 Å². The average Bonchev–Trinajstić information content (AvgIpc) is 3.25. The van der Waals surface area contributed by atoms with Crippen LogP contribution in [0.5, 0.6) is 0 Å². The first kappa shape index (κ1) is 15.9. The van der Waals surface area contributed by atoms with Gasteiger partial charge in [0.25, 0.3) is 0 Å². The van der Waals surface area contributed by atoms with Gasteiger partial charge < -0.3 is 0 Å². The highest BCUT2D eigenvalue weighted by molar-refractivity contribution is 5.61. The molecule has 0 nitrogen and oxygen atoms in total. The van der Waals surface area contributed by atoms with Gasteiger partial charge in [0.2, 0.25) is 0 Å². The van der Waals surface area contributed by atoms with E-state index in [9.17, 15) is 0 Å². The lowest BCUT2D eigenvalue weighted by atomic mass is 9.58. The maximum Gasteiger partial charge on any atom is 0.0182 e. The first-order valence-corrected chi connectivity index (χ1v) is 9.72. The van der Waals surface area contributed by atoms with E-state index in [-0.39, 0.29) is 16.2 Å². The third-order valence-electron chi connectivity index (χ3n) is 7.48. The SMILES string of the molecule is CC1(C)c2ccccc2C[C@@]2(C)[C@H](c3ccccc3)[C@@]12c1ccccc1. The second-order valence-electron chi connectivity index (χ2n) is 8.89. The van der Waals surface area contributed by atoms with E-state index in [0.29, 0.717) is 5.92 Å². The Morgan fingerprint density at radius 2 is 1.27 bits per heavy atom. The summed E-state index contributed by atoms with van der Waals surface area (Å²) in [6.07, 6.45) is 1.15. The van der Waals surface area contributed by atoms with Crippen LogP contribution in [0.2, 0.25) is 0 Å². The minimum absolute atomic E-state index is 0.0818. The first-order valence-electron chi connectivity index (χ1n) is 9.72. The second-order valence-corrected chi connectivity index (χ2v) is 8.89. The Balaban J connectivity index is 1.81. The van der Waals surface area contributed by atoms with Gasteiger partial charge in [-0.2, -0.15) is 0 Å². The van der Waals surface area contributed by atoms with Crippen molar-refractivity contribution in [1.82, 2.24) is 0 Å². The van der Waals surface area contributed by atoms with Gasteiger partial charge in [0.1, 0.15) is 0 Å². The van der Waals surface area contributed by atoms with Gasteiger partial charge in [-0.15, -0.1) is 0 Å². The Bertz CT molecular complexity index is 954. The molecular weight excluding hydrogens is 312 g/mol. The van der Waals surface area contributed by atoms with Crippen molar-refractivity contribution < 1.29 is 0 Å². The predicted molar refractivity (Wildman–Crippen MR) is 109 cm³/mol. The van der Waals surface area contributed by atoms with Gasteiger partial charge in [-0.3, -0.25) is 0 Å². The molecule has 0 heteroatoms. The van der Waals surface area contributed by atoms with E-state index in [0.717, 1.165) is 6.42 Å². The van der Waals surface area contributed by atoms with Crippen LogP contribution in [0.15, 0.2) is 84.9 Å². The maximum absolute atomic E-state index is 2.52. The minimum Gasteiger partial charge on any atom is -0.0622 e. The number of benzene rings is 3. The summed E-state index contributed by atoms with van der Waals surface area (Å²) >= 11 is 0. The smallest absolute Gasteiger partial charge is 0.0182 e. The highest BCUT2D eigenvalue weighted by Gasteiger charge is 2.80. The Morgan fingerprint density at radius 1 is 0.692 bits per heavy atom. The topological polar surface area (TPSA) is 0 Å². The van der Waals surface area contributed by atoms with Crippen molar-refractivity contribution in [2.75, 3.05) is 0 Å². The standard InChI is InChI=1S/C26H26/c1-24(2)22-17-11-10-14-20(22)18-25(3)23(19-12-6-4-7-13-19)26(24,25)21-15-8-5-9-16-21/h4-17,23H,18H2,1-3H3/t23-,25-,26-/m0/s1.